The van der Waals surface area contributed by atoms with Gasteiger partial charge in [-0.1, -0.05) is 18.2 Å². The van der Waals surface area contributed by atoms with Crippen LogP contribution < -0.4 is 10.4 Å². The average molecular weight is 325 g/mol. The number of anilines is 1. The van der Waals surface area contributed by atoms with Crippen LogP contribution in [0.1, 0.15) is 21.5 Å². The van der Waals surface area contributed by atoms with Gasteiger partial charge < -0.3 is 10.0 Å². The second-order valence-electron chi connectivity index (χ2n) is 5.90. The predicted molar refractivity (Wildman–Crippen MR) is 87.7 cm³/mol. The third-order valence-electron chi connectivity index (χ3n) is 4.25. The number of phenols is 1. The van der Waals surface area contributed by atoms with Crippen LogP contribution in [0.4, 0.5) is 10.1 Å². The lowest BCUT2D eigenvalue weighted by Crippen LogP contribution is -2.28. The summed E-state index contributed by atoms with van der Waals surface area (Å²) in [7, 11) is 0. The fourth-order valence-electron chi connectivity index (χ4n) is 3.10. The first-order valence-corrected chi connectivity index (χ1v) is 7.71. The molecule has 2 aliphatic heterocycles. The molecule has 0 radical (unpaired) electrons. The van der Waals surface area contributed by atoms with Gasteiger partial charge >= 0.3 is 0 Å². The number of carbonyl (C=O) groups excluding carboxylic acids is 1. The van der Waals surface area contributed by atoms with Gasteiger partial charge in [-0.15, -0.1) is 0 Å². The van der Waals surface area contributed by atoms with Gasteiger partial charge in [0.2, 0.25) is 0 Å². The number of hydrogen-bond acceptors (Lipinski definition) is 4. The highest BCUT2D eigenvalue weighted by Crippen LogP contribution is 2.32. The second kappa shape index (κ2) is 5.65. The Morgan fingerprint density at radius 3 is 2.71 bits per heavy atom. The number of rotatable bonds is 3. The molecule has 0 bridgehead atoms. The molecule has 0 aliphatic carbocycles. The highest BCUT2D eigenvalue weighted by molar-refractivity contribution is 6.00. The summed E-state index contributed by atoms with van der Waals surface area (Å²) in [6.45, 7) is 1.53. The van der Waals surface area contributed by atoms with Gasteiger partial charge in [0.25, 0.3) is 5.91 Å². The van der Waals surface area contributed by atoms with E-state index >= 15 is 0 Å². The average Bonchev–Trinajstić information content (AvgIpc) is 3.17. The minimum atomic E-state index is -0.531. The van der Waals surface area contributed by atoms with Crippen molar-refractivity contribution < 1.29 is 14.3 Å². The summed E-state index contributed by atoms with van der Waals surface area (Å²) in [4.78, 5) is 14.0. The molecular formula is C18H16FN3O2. The van der Waals surface area contributed by atoms with Crippen LogP contribution in [0, 0.1) is 5.82 Å². The van der Waals surface area contributed by atoms with Crippen molar-refractivity contribution in [3.8, 4) is 5.75 Å². The topological polar surface area (TPSA) is 55.8 Å². The first-order valence-electron chi connectivity index (χ1n) is 7.71. The first kappa shape index (κ1) is 14.7. The van der Waals surface area contributed by atoms with Gasteiger partial charge in [-0.05, 0) is 29.3 Å². The standard InChI is InChI=1S/C18H16FN3O2/c19-14-8-13-11-21(18(24)17(13)16(23)9-14)10-12-2-4-15(5-3-12)22-7-1-6-20-22/h1-5,7-9,20,23H,6,10-11H2. The lowest BCUT2D eigenvalue weighted by Gasteiger charge is -2.18. The summed E-state index contributed by atoms with van der Waals surface area (Å²) in [5.41, 5.74) is 5.92. The van der Waals surface area contributed by atoms with Crippen molar-refractivity contribution in [3.05, 3.63) is 71.2 Å². The number of fused-ring (bicyclic) bond motifs is 1. The quantitative estimate of drug-likeness (QED) is 0.910. The first-order chi connectivity index (χ1) is 11.6. The maximum atomic E-state index is 13.4. The van der Waals surface area contributed by atoms with E-state index < -0.39 is 5.82 Å². The zero-order chi connectivity index (χ0) is 16.7. The second-order valence-corrected chi connectivity index (χ2v) is 5.90. The Hall–Kier alpha value is -2.86. The Morgan fingerprint density at radius 2 is 2.00 bits per heavy atom. The molecule has 0 aromatic heterocycles. The van der Waals surface area contributed by atoms with Crippen molar-refractivity contribution in [1.82, 2.24) is 10.3 Å². The van der Waals surface area contributed by atoms with Gasteiger partial charge in [0, 0.05) is 31.9 Å². The monoisotopic (exact) mass is 325 g/mol. The van der Waals surface area contributed by atoms with E-state index in [4.69, 9.17) is 0 Å². The lowest BCUT2D eigenvalue weighted by molar-refractivity contribution is 0.0764. The molecule has 1 amide bonds. The zero-order valence-electron chi connectivity index (χ0n) is 12.9. The Bertz CT molecular complexity index is 833. The molecule has 0 spiro atoms. The Labute approximate surface area is 138 Å². The number of phenolic OH excluding ortho intramolecular Hbond substituents is 1. The van der Waals surface area contributed by atoms with Gasteiger partial charge in [0.05, 0.1) is 11.3 Å². The smallest absolute Gasteiger partial charge is 0.258 e. The molecule has 24 heavy (non-hydrogen) atoms. The van der Waals surface area contributed by atoms with Crippen LogP contribution >= 0.6 is 0 Å². The Balaban J connectivity index is 1.51. The van der Waals surface area contributed by atoms with E-state index in [1.807, 2.05) is 41.6 Å². The van der Waals surface area contributed by atoms with Crippen LogP contribution in [0.25, 0.3) is 0 Å². The minimum Gasteiger partial charge on any atom is -0.507 e. The van der Waals surface area contributed by atoms with Crippen molar-refractivity contribution in [2.24, 2.45) is 0 Å². The van der Waals surface area contributed by atoms with Crippen LogP contribution in [-0.2, 0) is 13.1 Å². The molecule has 2 aliphatic rings. The molecule has 4 rings (SSSR count). The molecule has 0 saturated carbocycles. The van der Waals surface area contributed by atoms with E-state index in [9.17, 15) is 14.3 Å². The summed E-state index contributed by atoms with van der Waals surface area (Å²) >= 11 is 0. The van der Waals surface area contributed by atoms with E-state index in [0.717, 1.165) is 23.9 Å². The molecule has 0 atom stereocenters. The molecule has 2 aromatic rings. The summed E-state index contributed by atoms with van der Waals surface area (Å²) < 4.78 is 13.4. The summed E-state index contributed by atoms with van der Waals surface area (Å²) in [5, 5.41) is 11.7. The molecule has 122 valence electrons. The highest BCUT2D eigenvalue weighted by Gasteiger charge is 2.30. The number of benzene rings is 2. The van der Waals surface area contributed by atoms with Crippen molar-refractivity contribution in [2.75, 3.05) is 11.6 Å². The number of hydrogen-bond donors (Lipinski definition) is 2. The Morgan fingerprint density at radius 1 is 1.21 bits per heavy atom. The minimum absolute atomic E-state index is 0.208. The highest BCUT2D eigenvalue weighted by atomic mass is 19.1. The molecule has 6 heteroatoms. The summed E-state index contributed by atoms with van der Waals surface area (Å²) in [6, 6.07) is 10.2. The van der Waals surface area contributed by atoms with E-state index in [0.29, 0.717) is 18.7 Å². The normalized spacial score (nSPS) is 16.1. The third-order valence-corrected chi connectivity index (χ3v) is 4.25. The van der Waals surface area contributed by atoms with E-state index in [-0.39, 0.29) is 17.2 Å². The summed E-state index contributed by atoms with van der Waals surface area (Å²) in [5.74, 6) is -1.09. The molecule has 2 aromatic carbocycles. The molecule has 0 saturated heterocycles. The number of hydrazine groups is 1. The van der Waals surface area contributed by atoms with E-state index in [1.54, 1.807) is 4.90 Å². The molecule has 2 N–H and O–H groups in total. The van der Waals surface area contributed by atoms with Crippen LogP contribution in [0.3, 0.4) is 0 Å². The number of nitrogens with zero attached hydrogens (tertiary/aromatic N) is 2. The van der Waals surface area contributed by atoms with Crippen molar-refractivity contribution in [1.29, 1.82) is 0 Å². The fraction of sp³-hybridized carbons (Fsp3) is 0.167. The third kappa shape index (κ3) is 2.51. The zero-order valence-corrected chi connectivity index (χ0v) is 12.9. The molecule has 0 unspecified atom stereocenters. The molecule has 5 nitrogen and oxygen atoms in total. The lowest BCUT2D eigenvalue weighted by atomic mass is 10.1. The Kier molecular flexibility index (Phi) is 3.46. The van der Waals surface area contributed by atoms with Crippen molar-refractivity contribution >= 4 is 11.6 Å². The van der Waals surface area contributed by atoms with Crippen LogP contribution in [0.15, 0.2) is 48.7 Å². The molecular weight excluding hydrogens is 309 g/mol. The van der Waals surface area contributed by atoms with Crippen LogP contribution in [0.2, 0.25) is 0 Å². The maximum Gasteiger partial charge on any atom is 0.258 e. The van der Waals surface area contributed by atoms with Crippen LogP contribution in [-0.4, -0.2) is 22.5 Å². The largest absolute Gasteiger partial charge is 0.507 e. The number of halogens is 1. The van der Waals surface area contributed by atoms with E-state index in [1.165, 1.54) is 6.07 Å². The predicted octanol–water partition coefficient (Wildman–Crippen LogP) is 2.53. The number of nitrogens with one attached hydrogen (secondary N) is 1. The van der Waals surface area contributed by atoms with Crippen molar-refractivity contribution in [2.45, 2.75) is 13.1 Å². The van der Waals surface area contributed by atoms with E-state index in [2.05, 4.69) is 5.43 Å². The molecule has 0 fully saturated rings. The SMILES string of the molecule is O=C1c2c(O)cc(F)cc2CN1Cc1ccc(N2C=CCN2)cc1. The fourth-order valence-corrected chi connectivity index (χ4v) is 3.10. The van der Waals surface area contributed by atoms with Gasteiger partial charge in [0.1, 0.15) is 11.6 Å². The van der Waals surface area contributed by atoms with Gasteiger partial charge in [0.15, 0.2) is 0 Å². The number of carbonyl (C=O) groups is 1. The number of aromatic hydroxyl groups is 1. The van der Waals surface area contributed by atoms with Gasteiger partial charge in [-0.2, -0.15) is 0 Å². The van der Waals surface area contributed by atoms with Crippen LogP contribution in [0.5, 0.6) is 5.75 Å². The van der Waals surface area contributed by atoms with Crippen molar-refractivity contribution in [3.63, 3.8) is 0 Å². The number of amides is 1. The van der Waals surface area contributed by atoms with Gasteiger partial charge in [-0.25, -0.2) is 9.82 Å². The summed E-state index contributed by atoms with van der Waals surface area (Å²) in [6.07, 6.45) is 3.99. The molecule has 2 heterocycles. The maximum absolute atomic E-state index is 13.4. The van der Waals surface area contributed by atoms with Gasteiger partial charge in [-0.3, -0.25) is 9.80 Å².